The van der Waals surface area contributed by atoms with Crippen LogP contribution in [0.25, 0.3) is 0 Å². The second-order valence-corrected chi connectivity index (χ2v) is 10.3. The fourth-order valence-corrected chi connectivity index (χ4v) is 5.79. The van der Waals surface area contributed by atoms with E-state index >= 15 is 0 Å². The summed E-state index contributed by atoms with van der Waals surface area (Å²) >= 11 is 0. The van der Waals surface area contributed by atoms with Crippen molar-refractivity contribution in [3.05, 3.63) is 41.6 Å². The van der Waals surface area contributed by atoms with E-state index in [1.165, 1.54) is 17.7 Å². The van der Waals surface area contributed by atoms with E-state index in [2.05, 4.69) is 45.2 Å². The van der Waals surface area contributed by atoms with Crippen LogP contribution in [0.4, 0.5) is 11.5 Å². The van der Waals surface area contributed by atoms with Crippen molar-refractivity contribution in [1.82, 2.24) is 9.78 Å². The Kier molecular flexibility index (Phi) is 3.96. The summed E-state index contributed by atoms with van der Waals surface area (Å²) in [6.45, 7) is 3.20. The third-order valence-electron chi connectivity index (χ3n) is 6.46. The normalized spacial score (nSPS) is 23.2. The van der Waals surface area contributed by atoms with Crippen LogP contribution in [0.5, 0.6) is 0 Å². The van der Waals surface area contributed by atoms with Crippen molar-refractivity contribution in [2.75, 3.05) is 41.4 Å². The highest BCUT2D eigenvalue weighted by molar-refractivity contribution is 7.91. The lowest BCUT2D eigenvalue weighted by atomic mass is 9.62. The number of nitrogens with zero attached hydrogens (tertiary/aromatic N) is 3. The van der Waals surface area contributed by atoms with Crippen molar-refractivity contribution in [2.45, 2.75) is 37.6 Å². The largest absolute Gasteiger partial charge is 0.370 e. The molecule has 1 N–H and O–H groups in total. The molecule has 6 nitrogen and oxygen atoms in total. The lowest BCUT2D eigenvalue weighted by molar-refractivity contribution is 0.290. The molecule has 0 radical (unpaired) electrons. The molecule has 5 rings (SSSR count). The molecule has 1 saturated carbocycles. The van der Waals surface area contributed by atoms with Crippen LogP contribution in [0.15, 0.2) is 30.3 Å². The van der Waals surface area contributed by atoms with Gasteiger partial charge in [0.25, 0.3) is 0 Å². The fourth-order valence-electron chi connectivity index (χ4n) is 4.59. The molecule has 3 heterocycles. The zero-order valence-corrected chi connectivity index (χ0v) is 16.3. The predicted molar refractivity (Wildman–Crippen MR) is 107 cm³/mol. The molecule has 0 unspecified atom stereocenters. The highest BCUT2D eigenvalue weighted by Gasteiger charge is 2.43. The summed E-state index contributed by atoms with van der Waals surface area (Å²) in [5.74, 6) is 1.66. The molecule has 0 atom stereocenters. The van der Waals surface area contributed by atoms with Gasteiger partial charge in [-0.15, -0.1) is 0 Å². The summed E-state index contributed by atoms with van der Waals surface area (Å²) < 4.78 is 25.4. The van der Waals surface area contributed by atoms with Gasteiger partial charge in [0.1, 0.15) is 5.82 Å². The first-order valence-corrected chi connectivity index (χ1v) is 11.8. The highest BCUT2D eigenvalue weighted by Crippen LogP contribution is 2.49. The molecule has 1 aromatic carbocycles. The van der Waals surface area contributed by atoms with Gasteiger partial charge < -0.3 is 10.2 Å². The standard InChI is InChI=1S/C20H26N4O2S/c25-27(26)13-11-23(12-14-27)17-5-3-16(4-6-17)20(7-1-8-20)18-15-19-21-9-2-10-24(19)22-18/h3-6,15,21H,1-2,7-14H2. The molecule has 144 valence electrons. The Hall–Kier alpha value is -2.02. The number of aryl methyl sites for hydroxylation is 1. The van der Waals surface area contributed by atoms with E-state index in [9.17, 15) is 8.42 Å². The molecular weight excluding hydrogens is 360 g/mol. The lowest BCUT2D eigenvalue weighted by Crippen LogP contribution is -2.40. The first kappa shape index (κ1) is 17.1. The van der Waals surface area contributed by atoms with Gasteiger partial charge in [0.15, 0.2) is 9.84 Å². The van der Waals surface area contributed by atoms with E-state index in [1.807, 2.05) is 0 Å². The average Bonchev–Trinajstić information content (AvgIpc) is 3.05. The van der Waals surface area contributed by atoms with Gasteiger partial charge in [-0.05, 0) is 37.0 Å². The minimum absolute atomic E-state index is 0.0375. The van der Waals surface area contributed by atoms with Gasteiger partial charge in [0.05, 0.1) is 17.2 Å². The van der Waals surface area contributed by atoms with Gasteiger partial charge in [-0.2, -0.15) is 5.10 Å². The van der Waals surface area contributed by atoms with Gasteiger partial charge in [0, 0.05) is 43.3 Å². The Balaban J connectivity index is 1.41. The number of aromatic nitrogens is 2. The fraction of sp³-hybridized carbons (Fsp3) is 0.550. The summed E-state index contributed by atoms with van der Waals surface area (Å²) in [5, 5.41) is 8.38. The molecule has 0 bridgehead atoms. The SMILES string of the molecule is O=S1(=O)CCN(c2ccc(C3(c4cc5n(n4)CCCN5)CCC3)cc2)CC1. The zero-order valence-electron chi connectivity index (χ0n) is 15.5. The predicted octanol–water partition coefficient (Wildman–Crippen LogP) is 2.40. The zero-order chi connectivity index (χ0) is 18.5. The summed E-state index contributed by atoms with van der Waals surface area (Å²) in [5.41, 5.74) is 3.68. The molecule has 2 aromatic rings. The Morgan fingerprint density at radius 1 is 1.00 bits per heavy atom. The average molecular weight is 387 g/mol. The first-order valence-electron chi connectivity index (χ1n) is 9.94. The number of anilines is 2. The van der Waals surface area contributed by atoms with Crippen LogP contribution >= 0.6 is 0 Å². The summed E-state index contributed by atoms with van der Waals surface area (Å²) in [4.78, 5) is 2.18. The van der Waals surface area contributed by atoms with E-state index in [1.54, 1.807) is 0 Å². The number of nitrogens with one attached hydrogen (secondary N) is 1. The van der Waals surface area contributed by atoms with Crippen molar-refractivity contribution in [3.63, 3.8) is 0 Å². The van der Waals surface area contributed by atoms with Gasteiger partial charge in [0.2, 0.25) is 0 Å². The Bertz CT molecular complexity index is 907. The van der Waals surface area contributed by atoms with Crippen LogP contribution in [0.3, 0.4) is 0 Å². The molecule has 0 amide bonds. The third kappa shape index (κ3) is 2.92. The molecule has 3 aliphatic rings. The maximum absolute atomic E-state index is 11.7. The molecule has 1 aliphatic carbocycles. The van der Waals surface area contributed by atoms with Gasteiger partial charge in [-0.1, -0.05) is 18.6 Å². The van der Waals surface area contributed by atoms with Crippen molar-refractivity contribution >= 4 is 21.3 Å². The van der Waals surface area contributed by atoms with Crippen LogP contribution < -0.4 is 10.2 Å². The van der Waals surface area contributed by atoms with Crippen LogP contribution in [0, 0.1) is 0 Å². The highest BCUT2D eigenvalue weighted by atomic mass is 32.2. The monoisotopic (exact) mass is 386 g/mol. The van der Waals surface area contributed by atoms with E-state index in [0.717, 1.165) is 43.9 Å². The van der Waals surface area contributed by atoms with Crippen molar-refractivity contribution < 1.29 is 8.42 Å². The summed E-state index contributed by atoms with van der Waals surface area (Å²) in [6, 6.07) is 11.0. The quantitative estimate of drug-likeness (QED) is 0.877. The number of benzene rings is 1. The maximum atomic E-state index is 11.7. The maximum Gasteiger partial charge on any atom is 0.153 e. The molecule has 2 aliphatic heterocycles. The van der Waals surface area contributed by atoms with Gasteiger partial charge in [-0.25, -0.2) is 13.1 Å². The number of fused-ring (bicyclic) bond motifs is 1. The van der Waals surface area contributed by atoms with Crippen LogP contribution in [0.1, 0.15) is 36.9 Å². The molecule has 7 heteroatoms. The molecule has 1 saturated heterocycles. The Morgan fingerprint density at radius 2 is 1.74 bits per heavy atom. The number of hydrogen-bond acceptors (Lipinski definition) is 5. The molecular formula is C20H26N4O2S. The molecule has 2 fully saturated rings. The minimum Gasteiger partial charge on any atom is -0.370 e. The summed E-state index contributed by atoms with van der Waals surface area (Å²) in [6.07, 6.45) is 4.65. The smallest absolute Gasteiger partial charge is 0.153 e. The molecule has 27 heavy (non-hydrogen) atoms. The van der Waals surface area contributed by atoms with Gasteiger partial charge in [-0.3, -0.25) is 0 Å². The number of hydrogen-bond donors (Lipinski definition) is 1. The number of sulfone groups is 1. The molecule has 1 aromatic heterocycles. The van der Waals surface area contributed by atoms with Crippen LogP contribution in [-0.2, 0) is 21.8 Å². The van der Waals surface area contributed by atoms with Crippen molar-refractivity contribution in [2.24, 2.45) is 0 Å². The van der Waals surface area contributed by atoms with Crippen molar-refractivity contribution in [3.8, 4) is 0 Å². The Labute approximate surface area is 160 Å². The van der Waals surface area contributed by atoms with Gasteiger partial charge >= 0.3 is 0 Å². The summed E-state index contributed by atoms with van der Waals surface area (Å²) in [7, 11) is -2.85. The van der Waals surface area contributed by atoms with E-state index < -0.39 is 9.84 Å². The van der Waals surface area contributed by atoms with Crippen LogP contribution in [-0.4, -0.2) is 49.3 Å². The second kappa shape index (κ2) is 6.26. The Morgan fingerprint density at radius 3 is 2.37 bits per heavy atom. The minimum atomic E-state index is -2.85. The topological polar surface area (TPSA) is 67.2 Å². The van der Waals surface area contributed by atoms with Crippen molar-refractivity contribution in [1.29, 1.82) is 0 Å². The van der Waals surface area contributed by atoms with Crippen LogP contribution in [0.2, 0.25) is 0 Å². The van der Waals surface area contributed by atoms with E-state index in [4.69, 9.17) is 5.10 Å². The molecule has 0 spiro atoms. The number of rotatable bonds is 3. The second-order valence-electron chi connectivity index (χ2n) is 8.04. The van der Waals surface area contributed by atoms with E-state index in [0.29, 0.717) is 13.1 Å². The van der Waals surface area contributed by atoms with E-state index in [-0.39, 0.29) is 16.9 Å². The first-order chi connectivity index (χ1) is 13.1. The lowest BCUT2D eigenvalue weighted by Gasteiger charge is -2.41. The third-order valence-corrected chi connectivity index (χ3v) is 8.07.